The second-order valence-electron chi connectivity index (χ2n) is 3.20. The Morgan fingerprint density at radius 3 is 2.00 bits per heavy atom. The predicted octanol–water partition coefficient (Wildman–Crippen LogP) is 1.41. The SMILES string of the molecule is CONP(O)ON(C(C)C)C(C)C. The van der Waals surface area contributed by atoms with Crippen molar-refractivity contribution in [2.45, 2.75) is 39.8 Å². The van der Waals surface area contributed by atoms with E-state index in [4.69, 9.17) is 4.62 Å². The standard InChI is InChI=1S/C7H19N2O3P/c1-6(2)9(7(3)4)12-13(10)8-11-5/h6-8,10H,1-5H3. The zero-order chi connectivity index (χ0) is 10.4. The maximum atomic E-state index is 9.28. The van der Waals surface area contributed by atoms with E-state index in [2.05, 4.69) is 10.1 Å². The molecule has 0 saturated heterocycles. The minimum Gasteiger partial charge on any atom is -0.336 e. The molecule has 0 aromatic carbocycles. The normalized spacial score (nSPS) is 14.5. The largest absolute Gasteiger partial charge is 0.336 e. The molecule has 1 atom stereocenters. The van der Waals surface area contributed by atoms with Gasteiger partial charge < -0.3 is 4.89 Å². The Balaban J connectivity index is 3.94. The molecule has 0 bridgehead atoms. The number of hydrogen-bond acceptors (Lipinski definition) is 5. The van der Waals surface area contributed by atoms with Crippen LogP contribution in [0.2, 0.25) is 0 Å². The van der Waals surface area contributed by atoms with Crippen molar-refractivity contribution in [2.24, 2.45) is 0 Å². The van der Waals surface area contributed by atoms with Crippen LogP contribution in [0.25, 0.3) is 0 Å². The molecule has 0 rings (SSSR count). The Morgan fingerprint density at radius 2 is 1.69 bits per heavy atom. The fourth-order valence-corrected chi connectivity index (χ4v) is 1.71. The molecule has 0 aliphatic carbocycles. The minimum atomic E-state index is -1.73. The summed E-state index contributed by atoms with van der Waals surface area (Å²) in [5.41, 5.74) is 0. The maximum absolute atomic E-state index is 9.28. The lowest BCUT2D eigenvalue weighted by molar-refractivity contribution is -0.115. The van der Waals surface area contributed by atoms with Gasteiger partial charge >= 0.3 is 0 Å². The summed E-state index contributed by atoms with van der Waals surface area (Å²) in [6.07, 6.45) is 0. The second kappa shape index (κ2) is 6.65. The highest BCUT2D eigenvalue weighted by Gasteiger charge is 2.18. The zero-order valence-electron chi connectivity index (χ0n) is 8.81. The van der Waals surface area contributed by atoms with Crippen molar-refractivity contribution in [1.82, 2.24) is 10.3 Å². The lowest BCUT2D eigenvalue weighted by Crippen LogP contribution is -2.36. The quantitative estimate of drug-likeness (QED) is 0.512. The van der Waals surface area contributed by atoms with E-state index in [9.17, 15) is 4.89 Å². The van der Waals surface area contributed by atoms with Gasteiger partial charge in [-0.2, -0.15) is 5.06 Å². The summed E-state index contributed by atoms with van der Waals surface area (Å²) in [6, 6.07) is 0.437. The highest BCUT2D eigenvalue weighted by atomic mass is 31.2. The summed E-state index contributed by atoms with van der Waals surface area (Å²) in [5.74, 6) is 0. The van der Waals surface area contributed by atoms with Gasteiger partial charge in [-0.05, 0) is 27.7 Å². The van der Waals surface area contributed by atoms with Gasteiger partial charge in [0.15, 0.2) is 0 Å². The lowest BCUT2D eigenvalue weighted by Gasteiger charge is -2.30. The van der Waals surface area contributed by atoms with Crippen LogP contribution in [0.15, 0.2) is 0 Å². The highest BCUT2D eigenvalue weighted by molar-refractivity contribution is 7.43. The second-order valence-corrected chi connectivity index (χ2v) is 4.09. The molecule has 0 radical (unpaired) electrons. The van der Waals surface area contributed by atoms with Gasteiger partial charge in [0.05, 0.1) is 7.11 Å². The van der Waals surface area contributed by atoms with Crippen molar-refractivity contribution in [3.05, 3.63) is 0 Å². The number of nitrogens with zero attached hydrogens (tertiary/aromatic N) is 1. The van der Waals surface area contributed by atoms with Crippen molar-refractivity contribution in [3.8, 4) is 0 Å². The van der Waals surface area contributed by atoms with Gasteiger partial charge in [0.1, 0.15) is 0 Å². The molecular weight excluding hydrogens is 191 g/mol. The van der Waals surface area contributed by atoms with Crippen LogP contribution in [0, 0.1) is 0 Å². The van der Waals surface area contributed by atoms with Gasteiger partial charge in [-0.25, -0.2) is 4.62 Å². The van der Waals surface area contributed by atoms with E-state index in [0.717, 1.165) is 0 Å². The van der Waals surface area contributed by atoms with Gasteiger partial charge in [-0.15, -0.1) is 5.25 Å². The van der Waals surface area contributed by atoms with Crippen LogP contribution >= 0.6 is 8.53 Å². The first kappa shape index (κ1) is 13.2. The fourth-order valence-electron chi connectivity index (χ4n) is 0.969. The van der Waals surface area contributed by atoms with E-state index in [1.165, 1.54) is 7.11 Å². The third kappa shape index (κ3) is 5.52. The summed E-state index contributed by atoms with van der Waals surface area (Å²) >= 11 is 0. The minimum absolute atomic E-state index is 0.218. The molecule has 0 amide bonds. The van der Waals surface area contributed by atoms with Crippen LogP contribution < -0.4 is 5.25 Å². The van der Waals surface area contributed by atoms with Crippen LogP contribution in [0.1, 0.15) is 27.7 Å². The van der Waals surface area contributed by atoms with Crippen molar-refractivity contribution in [3.63, 3.8) is 0 Å². The Hall–Kier alpha value is 0.230. The van der Waals surface area contributed by atoms with Crippen LogP contribution in [0.4, 0.5) is 0 Å². The molecule has 0 aromatic rings. The molecule has 0 aliphatic rings. The first-order valence-corrected chi connectivity index (χ1v) is 5.44. The van der Waals surface area contributed by atoms with Gasteiger partial charge in [0.25, 0.3) is 8.53 Å². The summed E-state index contributed by atoms with van der Waals surface area (Å²) in [7, 11) is -0.297. The van der Waals surface area contributed by atoms with Crippen LogP contribution in [0.5, 0.6) is 0 Å². The molecule has 0 aliphatic heterocycles. The molecular formula is C7H19N2O3P. The fraction of sp³-hybridized carbons (Fsp3) is 1.00. The van der Waals surface area contributed by atoms with Crippen LogP contribution in [-0.2, 0) is 9.46 Å². The first-order valence-electron chi connectivity index (χ1n) is 4.23. The molecule has 0 fully saturated rings. The molecule has 2 N–H and O–H groups in total. The Morgan fingerprint density at radius 1 is 1.23 bits per heavy atom. The molecule has 0 spiro atoms. The average Bonchev–Trinajstić information content (AvgIpc) is 1.99. The van der Waals surface area contributed by atoms with E-state index >= 15 is 0 Å². The number of nitrogens with one attached hydrogen (secondary N) is 1. The third-order valence-corrected chi connectivity index (χ3v) is 2.04. The number of hydrogen-bond donors (Lipinski definition) is 2. The Labute approximate surface area is 80.9 Å². The van der Waals surface area contributed by atoms with E-state index in [0.29, 0.717) is 0 Å². The van der Waals surface area contributed by atoms with Crippen molar-refractivity contribution < 1.29 is 14.4 Å². The maximum Gasteiger partial charge on any atom is 0.296 e. The summed E-state index contributed by atoms with van der Waals surface area (Å²) in [4.78, 5) is 13.8. The first-order chi connectivity index (χ1) is 5.99. The third-order valence-electron chi connectivity index (χ3n) is 1.36. The van der Waals surface area contributed by atoms with Gasteiger partial charge in [-0.1, -0.05) is 0 Å². The molecule has 6 heteroatoms. The van der Waals surface area contributed by atoms with Gasteiger partial charge in [0, 0.05) is 12.1 Å². The Kier molecular flexibility index (Phi) is 6.77. The summed E-state index contributed by atoms with van der Waals surface area (Å²) in [6.45, 7) is 7.98. The molecule has 80 valence electrons. The molecule has 0 saturated carbocycles. The molecule has 5 nitrogen and oxygen atoms in total. The van der Waals surface area contributed by atoms with Crippen LogP contribution in [0.3, 0.4) is 0 Å². The van der Waals surface area contributed by atoms with Crippen molar-refractivity contribution in [1.29, 1.82) is 0 Å². The van der Waals surface area contributed by atoms with Gasteiger partial charge in [0.2, 0.25) is 0 Å². The number of hydroxylamine groups is 2. The van der Waals surface area contributed by atoms with Crippen LogP contribution in [-0.4, -0.2) is 29.2 Å². The number of rotatable bonds is 6. The highest BCUT2D eigenvalue weighted by Crippen LogP contribution is 2.29. The van der Waals surface area contributed by atoms with Crippen molar-refractivity contribution in [2.75, 3.05) is 7.11 Å². The molecule has 1 unspecified atom stereocenters. The lowest BCUT2D eigenvalue weighted by atomic mass is 10.3. The van der Waals surface area contributed by atoms with E-state index in [1.807, 2.05) is 27.7 Å². The van der Waals surface area contributed by atoms with E-state index < -0.39 is 8.53 Å². The van der Waals surface area contributed by atoms with E-state index in [-0.39, 0.29) is 12.1 Å². The monoisotopic (exact) mass is 210 g/mol. The summed E-state index contributed by atoms with van der Waals surface area (Å²) in [5, 5.41) is 4.06. The van der Waals surface area contributed by atoms with Crippen molar-refractivity contribution >= 4 is 8.53 Å². The Bertz CT molecular complexity index is 127. The topological polar surface area (TPSA) is 54.0 Å². The summed E-state index contributed by atoms with van der Waals surface area (Å²) < 4.78 is 5.23. The van der Waals surface area contributed by atoms with E-state index in [1.54, 1.807) is 5.06 Å². The predicted molar refractivity (Wildman–Crippen MR) is 52.5 cm³/mol. The zero-order valence-corrected chi connectivity index (χ0v) is 9.71. The van der Waals surface area contributed by atoms with Gasteiger partial charge in [-0.3, -0.25) is 4.84 Å². The molecule has 0 aromatic heterocycles. The molecule has 13 heavy (non-hydrogen) atoms. The molecule has 0 heterocycles. The average molecular weight is 210 g/mol. The smallest absolute Gasteiger partial charge is 0.296 e.